The Hall–Kier alpha value is -0.810. The van der Waals surface area contributed by atoms with E-state index in [1.807, 2.05) is 20.8 Å². The zero-order valence-electron chi connectivity index (χ0n) is 11.3. The summed E-state index contributed by atoms with van der Waals surface area (Å²) in [6, 6.07) is 0. The quantitative estimate of drug-likeness (QED) is 0.814. The maximum Gasteiger partial charge on any atom is 0.410 e. The van der Waals surface area contributed by atoms with Gasteiger partial charge in [0.15, 0.2) is 0 Å². The smallest absolute Gasteiger partial charge is 0.410 e. The van der Waals surface area contributed by atoms with Gasteiger partial charge >= 0.3 is 6.09 Å². The van der Waals surface area contributed by atoms with Gasteiger partial charge in [-0.1, -0.05) is 0 Å². The Morgan fingerprint density at radius 3 is 2.59 bits per heavy atom. The molecule has 0 aliphatic carbocycles. The fourth-order valence-electron chi connectivity index (χ4n) is 2.23. The van der Waals surface area contributed by atoms with E-state index in [4.69, 9.17) is 15.2 Å². The van der Waals surface area contributed by atoms with Crippen LogP contribution in [0, 0.1) is 0 Å². The van der Waals surface area contributed by atoms with Crippen molar-refractivity contribution in [3.63, 3.8) is 0 Å². The minimum absolute atomic E-state index is 0.294. The highest BCUT2D eigenvalue weighted by molar-refractivity contribution is 5.69. The van der Waals surface area contributed by atoms with E-state index in [0.717, 1.165) is 12.8 Å². The zero-order valence-corrected chi connectivity index (χ0v) is 11.3. The lowest BCUT2D eigenvalue weighted by Gasteiger charge is -2.37. The Kier molecular flexibility index (Phi) is 4.38. The predicted molar refractivity (Wildman–Crippen MR) is 65.8 cm³/mol. The van der Waals surface area contributed by atoms with Gasteiger partial charge in [0.05, 0.1) is 12.1 Å². The predicted octanol–water partition coefficient (Wildman–Crippen LogP) is 1.36. The Balaban J connectivity index is 2.77. The number of methoxy groups -OCH3 is 1. The van der Waals surface area contributed by atoms with E-state index >= 15 is 0 Å². The van der Waals surface area contributed by atoms with E-state index in [-0.39, 0.29) is 6.09 Å². The van der Waals surface area contributed by atoms with E-state index in [0.29, 0.717) is 19.7 Å². The van der Waals surface area contributed by atoms with Crippen molar-refractivity contribution in [2.45, 2.75) is 44.8 Å². The molecule has 17 heavy (non-hydrogen) atoms. The standard InChI is InChI=1S/C12H24N2O3/c1-11(2,3)17-10(15)14-7-5-6-12(14,8-13)9-16-4/h5-9,13H2,1-4H3. The summed E-state index contributed by atoms with van der Waals surface area (Å²) < 4.78 is 10.6. The van der Waals surface area contributed by atoms with Gasteiger partial charge in [0.25, 0.3) is 0 Å². The molecule has 1 atom stereocenters. The van der Waals surface area contributed by atoms with E-state index in [9.17, 15) is 4.79 Å². The number of nitrogens with zero attached hydrogens (tertiary/aromatic N) is 1. The zero-order chi connectivity index (χ0) is 13.1. The van der Waals surface area contributed by atoms with Crippen LogP contribution < -0.4 is 5.73 Å². The highest BCUT2D eigenvalue weighted by atomic mass is 16.6. The molecule has 1 unspecified atom stereocenters. The highest BCUT2D eigenvalue weighted by Gasteiger charge is 2.44. The van der Waals surface area contributed by atoms with Crippen LogP contribution in [0.2, 0.25) is 0 Å². The van der Waals surface area contributed by atoms with Crippen molar-refractivity contribution in [2.24, 2.45) is 5.73 Å². The molecule has 100 valence electrons. The molecule has 0 saturated carbocycles. The number of hydrogen-bond donors (Lipinski definition) is 1. The SMILES string of the molecule is COCC1(CN)CCCN1C(=O)OC(C)(C)C. The van der Waals surface area contributed by atoms with E-state index < -0.39 is 11.1 Å². The molecule has 1 rings (SSSR count). The van der Waals surface area contributed by atoms with Crippen molar-refractivity contribution in [3.8, 4) is 0 Å². The summed E-state index contributed by atoms with van der Waals surface area (Å²) in [5, 5.41) is 0. The van der Waals surface area contributed by atoms with Crippen molar-refractivity contribution in [2.75, 3.05) is 26.8 Å². The molecule has 0 radical (unpaired) electrons. The van der Waals surface area contributed by atoms with Gasteiger partial charge in [0.1, 0.15) is 5.60 Å². The van der Waals surface area contributed by atoms with Gasteiger partial charge in [0, 0.05) is 20.2 Å². The summed E-state index contributed by atoms with van der Waals surface area (Å²) in [5.74, 6) is 0. The van der Waals surface area contributed by atoms with Crippen LogP contribution in [0.3, 0.4) is 0 Å². The third-order valence-corrected chi connectivity index (χ3v) is 3.00. The second-order valence-corrected chi connectivity index (χ2v) is 5.60. The van der Waals surface area contributed by atoms with Crippen LogP contribution in [0.5, 0.6) is 0 Å². The topological polar surface area (TPSA) is 64.8 Å². The summed E-state index contributed by atoms with van der Waals surface area (Å²) in [4.78, 5) is 13.8. The van der Waals surface area contributed by atoms with Gasteiger partial charge in [-0.25, -0.2) is 4.79 Å². The second-order valence-electron chi connectivity index (χ2n) is 5.60. The molecule has 1 heterocycles. The number of ether oxygens (including phenoxy) is 2. The summed E-state index contributed by atoms with van der Waals surface area (Å²) in [7, 11) is 1.63. The summed E-state index contributed by atoms with van der Waals surface area (Å²) in [6.07, 6.45) is 1.52. The van der Waals surface area contributed by atoms with Gasteiger partial charge in [-0.05, 0) is 33.6 Å². The largest absolute Gasteiger partial charge is 0.444 e. The number of carbonyl (C=O) groups excluding carboxylic acids is 1. The first-order valence-corrected chi connectivity index (χ1v) is 6.04. The molecule has 1 amide bonds. The molecule has 0 bridgehead atoms. The van der Waals surface area contributed by atoms with Crippen LogP contribution in [-0.4, -0.2) is 48.9 Å². The third-order valence-electron chi connectivity index (χ3n) is 3.00. The van der Waals surface area contributed by atoms with Gasteiger partial charge < -0.3 is 15.2 Å². The fraction of sp³-hybridized carbons (Fsp3) is 0.917. The molecule has 2 N–H and O–H groups in total. The van der Waals surface area contributed by atoms with Crippen molar-refractivity contribution in [1.29, 1.82) is 0 Å². The average Bonchev–Trinajstić information content (AvgIpc) is 2.60. The summed E-state index contributed by atoms with van der Waals surface area (Å²) in [5.41, 5.74) is 4.95. The molecule has 0 aromatic rings. The highest BCUT2D eigenvalue weighted by Crippen LogP contribution is 2.30. The minimum atomic E-state index is -0.479. The Labute approximate surface area is 103 Å². The van der Waals surface area contributed by atoms with Crippen molar-refractivity contribution in [3.05, 3.63) is 0 Å². The van der Waals surface area contributed by atoms with Gasteiger partial charge in [-0.3, -0.25) is 4.90 Å². The molecule has 0 spiro atoms. The van der Waals surface area contributed by atoms with Crippen LogP contribution in [0.1, 0.15) is 33.6 Å². The lowest BCUT2D eigenvalue weighted by Crippen LogP contribution is -2.56. The van der Waals surface area contributed by atoms with E-state index in [1.165, 1.54) is 0 Å². The van der Waals surface area contributed by atoms with Gasteiger partial charge in [-0.2, -0.15) is 0 Å². The molecule has 0 aromatic carbocycles. The molecule has 1 saturated heterocycles. The second kappa shape index (κ2) is 5.23. The van der Waals surface area contributed by atoms with Crippen molar-refractivity contribution in [1.82, 2.24) is 4.90 Å². The van der Waals surface area contributed by atoms with E-state index in [1.54, 1.807) is 12.0 Å². The number of nitrogens with two attached hydrogens (primary N) is 1. The Bertz CT molecular complexity index is 275. The summed E-state index contributed by atoms with van der Waals surface area (Å²) in [6.45, 7) is 7.14. The third kappa shape index (κ3) is 3.33. The molecule has 1 aliphatic rings. The van der Waals surface area contributed by atoms with Crippen LogP contribution in [0.4, 0.5) is 4.79 Å². The maximum atomic E-state index is 12.1. The molecule has 5 heteroatoms. The van der Waals surface area contributed by atoms with Crippen LogP contribution in [0.15, 0.2) is 0 Å². The van der Waals surface area contributed by atoms with E-state index in [2.05, 4.69) is 0 Å². The Morgan fingerprint density at radius 2 is 2.12 bits per heavy atom. The number of likely N-dealkylation sites (tertiary alicyclic amines) is 1. The first-order valence-electron chi connectivity index (χ1n) is 6.04. The minimum Gasteiger partial charge on any atom is -0.444 e. The van der Waals surface area contributed by atoms with Crippen LogP contribution in [-0.2, 0) is 9.47 Å². The number of hydrogen-bond acceptors (Lipinski definition) is 4. The first kappa shape index (κ1) is 14.3. The fourth-order valence-corrected chi connectivity index (χ4v) is 2.23. The molecule has 1 aliphatic heterocycles. The molecule has 0 aromatic heterocycles. The summed E-state index contributed by atoms with van der Waals surface area (Å²) >= 11 is 0. The van der Waals surface area contributed by atoms with Gasteiger partial charge in [0.2, 0.25) is 0 Å². The molecule has 5 nitrogen and oxygen atoms in total. The van der Waals surface area contributed by atoms with Gasteiger partial charge in [-0.15, -0.1) is 0 Å². The lowest BCUT2D eigenvalue weighted by atomic mass is 9.98. The van der Waals surface area contributed by atoms with Crippen molar-refractivity contribution < 1.29 is 14.3 Å². The average molecular weight is 244 g/mol. The molecular weight excluding hydrogens is 220 g/mol. The van der Waals surface area contributed by atoms with Crippen molar-refractivity contribution >= 4 is 6.09 Å². The normalized spacial score (nSPS) is 25.1. The molecule has 1 fully saturated rings. The van der Waals surface area contributed by atoms with Crippen LogP contribution in [0.25, 0.3) is 0 Å². The first-order chi connectivity index (χ1) is 7.84. The molecular formula is C12H24N2O3. The van der Waals surface area contributed by atoms with Crippen LogP contribution >= 0.6 is 0 Å². The monoisotopic (exact) mass is 244 g/mol. The number of amides is 1. The Morgan fingerprint density at radius 1 is 1.47 bits per heavy atom. The lowest BCUT2D eigenvalue weighted by molar-refractivity contribution is -0.00833. The number of rotatable bonds is 3. The number of carbonyl (C=O) groups is 1. The maximum absolute atomic E-state index is 12.1.